The second kappa shape index (κ2) is 8.45. The smallest absolute Gasteiger partial charge is 0.230 e. The zero-order valence-corrected chi connectivity index (χ0v) is 18.5. The Hall–Kier alpha value is -2.08. The number of hydrogen-bond donors (Lipinski definition) is 1. The van der Waals surface area contributed by atoms with Crippen LogP contribution >= 0.6 is 0 Å². The van der Waals surface area contributed by atoms with Crippen molar-refractivity contribution in [1.82, 2.24) is 4.90 Å². The van der Waals surface area contributed by atoms with E-state index in [2.05, 4.69) is 34.1 Å². The topological polar surface area (TPSA) is 64.1 Å². The molecule has 1 unspecified atom stereocenters. The van der Waals surface area contributed by atoms with Gasteiger partial charge in [-0.2, -0.15) is 0 Å². The van der Waals surface area contributed by atoms with Crippen molar-refractivity contribution in [3.63, 3.8) is 0 Å². The molecule has 3 heterocycles. The van der Waals surface area contributed by atoms with Gasteiger partial charge in [0.2, 0.25) is 11.8 Å². The fraction of sp³-hybridized carbons (Fsp3) is 0.680. The third kappa shape index (κ3) is 3.95. The number of benzene rings is 1. The first-order valence-corrected chi connectivity index (χ1v) is 12.2. The van der Waals surface area contributed by atoms with Gasteiger partial charge in [0.25, 0.3) is 0 Å². The van der Waals surface area contributed by atoms with Crippen LogP contribution in [-0.4, -0.2) is 60.1 Å². The summed E-state index contributed by atoms with van der Waals surface area (Å²) in [7, 11) is 0. The van der Waals surface area contributed by atoms with E-state index in [9.17, 15) is 14.7 Å². The molecule has 6 nitrogen and oxygen atoms in total. The molecular weight excluding hydrogens is 390 g/mol. The monoisotopic (exact) mass is 425 g/mol. The van der Waals surface area contributed by atoms with E-state index in [-0.39, 0.29) is 17.4 Å². The highest BCUT2D eigenvalue weighted by molar-refractivity contribution is 5.94. The summed E-state index contributed by atoms with van der Waals surface area (Å²) in [6, 6.07) is 8.68. The largest absolute Gasteiger partial charge is 0.393 e. The molecule has 3 aliphatic heterocycles. The van der Waals surface area contributed by atoms with Crippen LogP contribution < -0.4 is 9.80 Å². The molecule has 6 heteroatoms. The van der Waals surface area contributed by atoms with E-state index in [0.29, 0.717) is 18.4 Å². The number of carbonyl (C=O) groups is 2. The van der Waals surface area contributed by atoms with Crippen molar-refractivity contribution in [1.29, 1.82) is 0 Å². The third-order valence-electron chi connectivity index (χ3n) is 8.08. The zero-order valence-electron chi connectivity index (χ0n) is 18.5. The van der Waals surface area contributed by atoms with Crippen LogP contribution in [0.5, 0.6) is 0 Å². The molecule has 1 aromatic carbocycles. The predicted octanol–water partition coefficient (Wildman–Crippen LogP) is 3.33. The molecule has 4 aliphatic rings. The van der Waals surface area contributed by atoms with Crippen molar-refractivity contribution < 1.29 is 14.7 Å². The highest BCUT2D eigenvalue weighted by Crippen LogP contribution is 2.43. The Morgan fingerprint density at radius 3 is 2.32 bits per heavy atom. The van der Waals surface area contributed by atoms with Gasteiger partial charge in [0, 0.05) is 50.0 Å². The minimum Gasteiger partial charge on any atom is -0.393 e. The van der Waals surface area contributed by atoms with Crippen LogP contribution in [0.1, 0.15) is 64.2 Å². The van der Waals surface area contributed by atoms with Crippen molar-refractivity contribution in [2.45, 2.75) is 76.4 Å². The minimum atomic E-state index is -0.254. The van der Waals surface area contributed by atoms with Gasteiger partial charge in [0.1, 0.15) is 0 Å². The maximum absolute atomic E-state index is 13.5. The molecule has 3 saturated heterocycles. The first-order chi connectivity index (χ1) is 15.1. The first kappa shape index (κ1) is 20.8. The molecule has 1 spiro atoms. The summed E-state index contributed by atoms with van der Waals surface area (Å²) >= 11 is 0. The number of nitrogens with zero attached hydrogens (tertiary/aromatic N) is 3. The number of carbonyl (C=O) groups excluding carboxylic acids is 2. The standard InChI is InChI=1S/C25H35N3O3/c29-22-11-9-21(10-12-22)28-17-14-25(24(28)31)13-3-15-26(18-25)19-5-7-20(8-6-19)27-16-2-1-4-23(27)30/h5-8,21-22,29H,1-4,9-18H2/t21-,22-,25?. The maximum Gasteiger partial charge on any atom is 0.230 e. The van der Waals surface area contributed by atoms with Crippen molar-refractivity contribution >= 4 is 23.2 Å². The van der Waals surface area contributed by atoms with Crippen LogP contribution in [0.15, 0.2) is 24.3 Å². The van der Waals surface area contributed by atoms with Crippen LogP contribution in [0.3, 0.4) is 0 Å². The normalized spacial score (nSPS) is 32.2. The van der Waals surface area contributed by atoms with Gasteiger partial charge in [-0.25, -0.2) is 0 Å². The van der Waals surface area contributed by atoms with E-state index in [1.807, 2.05) is 4.90 Å². The number of anilines is 2. The van der Waals surface area contributed by atoms with Gasteiger partial charge >= 0.3 is 0 Å². The second-order valence-corrected chi connectivity index (χ2v) is 10.0. The number of hydrogen-bond acceptors (Lipinski definition) is 4. The van der Waals surface area contributed by atoms with Gasteiger partial charge in [-0.3, -0.25) is 9.59 Å². The number of piperidine rings is 2. The van der Waals surface area contributed by atoms with Crippen LogP contribution in [0, 0.1) is 5.41 Å². The summed E-state index contributed by atoms with van der Waals surface area (Å²) in [4.78, 5) is 32.2. The van der Waals surface area contributed by atoms with E-state index in [4.69, 9.17) is 0 Å². The Balaban J connectivity index is 1.27. The fourth-order valence-corrected chi connectivity index (χ4v) is 6.22. The number of aliphatic hydroxyl groups excluding tert-OH is 1. The average Bonchev–Trinajstić information content (AvgIpc) is 3.10. The highest BCUT2D eigenvalue weighted by Gasteiger charge is 2.50. The maximum atomic E-state index is 13.5. The molecule has 4 fully saturated rings. The van der Waals surface area contributed by atoms with Crippen molar-refractivity contribution in [2.24, 2.45) is 5.41 Å². The number of amides is 2. The van der Waals surface area contributed by atoms with Crippen LogP contribution in [0.2, 0.25) is 0 Å². The van der Waals surface area contributed by atoms with Crippen molar-refractivity contribution in [3.8, 4) is 0 Å². The van der Waals surface area contributed by atoms with Crippen LogP contribution in [0.4, 0.5) is 11.4 Å². The molecule has 168 valence electrons. The summed E-state index contributed by atoms with van der Waals surface area (Å²) in [5, 5.41) is 9.82. The first-order valence-electron chi connectivity index (χ1n) is 12.2. The van der Waals surface area contributed by atoms with E-state index < -0.39 is 0 Å². The summed E-state index contributed by atoms with van der Waals surface area (Å²) in [5.41, 5.74) is 1.89. The number of rotatable bonds is 3. The Morgan fingerprint density at radius 2 is 1.58 bits per heavy atom. The summed E-state index contributed by atoms with van der Waals surface area (Å²) in [5.74, 6) is 0.567. The molecule has 1 saturated carbocycles. The molecule has 0 aromatic heterocycles. The lowest BCUT2D eigenvalue weighted by Crippen LogP contribution is -2.50. The Morgan fingerprint density at radius 1 is 0.839 bits per heavy atom. The molecule has 0 radical (unpaired) electrons. The minimum absolute atomic E-state index is 0.184. The van der Waals surface area contributed by atoms with E-state index in [0.717, 1.165) is 95.3 Å². The number of aliphatic hydroxyl groups is 1. The van der Waals surface area contributed by atoms with Crippen LogP contribution in [-0.2, 0) is 9.59 Å². The lowest BCUT2D eigenvalue weighted by Gasteiger charge is -2.41. The summed E-state index contributed by atoms with van der Waals surface area (Å²) in [6.45, 7) is 3.45. The molecule has 31 heavy (non-hydrogen) atoms. The quantitative estimate of drug-likeness (QED) is 0.807. The van der Waals surface area contributed by atoms with E-state index >= 15 is 0 Å². The molecular formula is C25H35N3O3. The van der Waals surface area contributed by atoms with E-state index in [1.54, 1.807) is 0 Å². The molecule has 5 rings (SSSR count). The Bertz CT molecular complexity index is 818. The molecule has 1 aromatic rings. The predicted molar refractivity (Wildman–Crippen MR) is 121 cm³/mol. The van der Waals surface area contributed by atoms with Gasteiger partial charge in [-0.05, 0) is 82.1 Å². The average molecular weight is 426 g/mol. The highest BCUT2D eigenvalue weighted by atomic mass is 16.3. The molecule has 0 bridgehead atoms. The molecule has 1 atom stereocenters. The Labute approximate surface area is 185 Å². The number of likely N-dealkylation sites (tertiary alicyclic amines) is 1. The molecule has 1 aliphatic carbocycles. The van der Waals surface area contributed by atoms with Gasteiger partial charge in [-0.1, -0.05) is 0 Å². The van der Waals surface area contributed by atoms with Gasteiger partial charge in [0.15, 0.2) is 0 Å². The van der Waals surface area contributed by atoms with Crippen LogP contribution in [0.25, 0.3) is 0 Å². The van der Waals surface area contributed by atoms with Crippen molar-refractivity contribution in [3.05, 3.63) is 24.3 Å². The SMILES string of the molecule is O=C1CCCCN1c1ccc(N2CCCC3(CCN([C@H]4CC[C@H](O)CC4)C3=O)C2)cc1. The van der Waals surface area contributed by atoms with Gasteiger partial charge in [-0.15, -0.1) is 0 Å². The summed E-state index contributed by atoms with van der Waals surface area (Å²) < 4.78 is 0. The van der Waals surface area contributed by atoms with E-state index in [1.165, 1.54) is 0 Å². The Kier molecular flexibility index (Phi) is 5.67. The lowest BCUT2D eigenvalue weighted by molar-refractivity contribution is -0.139. The van der Waals surface area contributed by atoms with Gasteiger partial charge < -0.3 is 19.8 Å². The molecule has 2 amide bonds. The second-order valence-electron chi connectivity index (χ2n) is 10.0. The lowest BCUT2D eigenvalue weighted by atomic mass is 9.78. The third-order valence-corrected chi connectivity index (χ3v) is 8.08. The summed E-state index contributed by atoms with van der Waals surface area (Å²) in [6.07, 6.45) is 9.00. The molecule has 1 N–H and O–H groups in total. The van der Waals surface area contributed by atoms with Gasteiger partial charge in [0.05, 0.1) is 11.5 Å². The zero-order chi connectivity index (χ0) is 21.4. The van der Waals surface area contributed by atoms with Crippen molar-refractivity contribution in [2.75, 3.05) is 36.0 Å². The fourth-order valence-electron chi connectivity index (χ4n) is 6.22.